The number of nitrogens with zero attached hydrogens (tertiary/aromatic N) is 4. The van der Waals surface area contributed by atoms with Crippen LogP contribution >= 0.6 is 0 Å². The zero-order valence-corrected chi connectivity index (χ0v) is 34.6. The number of hydroxylamine groups is 2. The quantitative estimate of drug-likeness (QED) is 0.0488. The van der Waals surface area contributed by atoms with Crippen LogP contribution in [-0.4, -0.2) is 120 Å². The monoisotopic (exact) mass is 823 g/mol. The molecular formula is C38H58BF2N6O9S+. The van der Waals surface area contributed by atoms with Crippen molar-refractivity contribution >= 4 is 58.5 Å². The van der Waals surface area contributed by atoms with E-state index >= 15 is 8.63 Å². The number of fused-ring (bicyclic) bond motifs is 2. The van der Waals surface area contributed by atoms with Crippen molar-refractivity contribution in [2.75, 3.05) is 40.0 Å². The molecule has 4 heterocycles. The minimum atomic E-state index is -4.74. The summed E-state index contributed by atoms with van der Waals surface area (Å²) in [6.45, 7) is 0.492. The number of amides is 4. The van der Waals surface area contributed by atoms with E-state index in [1.165, 1.54) is 4.48 Å². The predicted octanol–water partition coefficient (Wildman–Crippen LogP) is 3.68. The number of carbonyl (C=O) groups is 5. The molecule has 1 saturated heterocycles. The highest BCUT2D eigenvalue weighted by Crippen LogP contribution is 2.40. The molecule has 316 valence electrons. The first-order valence-corrected chi connectivity index (χ1v) is 21.6. The standard InChI is InChI=1S/C38H57BF2N6O9S/c1-6-8-13-27-23-29(15-12-22-47(3,4)5)44-32(27)25-33-28(14-9-7-2)24-30(45(33)39(44,40)41)17-18-34(48)43-31(26-57(53,54)55)38(52)42-21-11-10-16-37(51)56-46-35(49)19-20-36(46)50/h23-25,31H,6-22,26H2,1-5H3,(H2-,42,43,48,52,53,54,55)/p+1. The van der Waals surface area contributed by atoms with Crippen LogP contribution in [-0.2, 0) is 51.8 Å². The number of imide groups is 1. The van der Waals surface area contributed by atoms with Crippen LogP contribution in [0.3, 0.4) is 0 Å². The number of aromatic nitrogens is 1. The zero-order valence-electron chi connectivity index (χ0n) is 33.8. The Morgan fingerprint density at radius 3 is 2.25 bits per heavy atom. The molecule has 1 atom stereocenters. The number of aryl methyl sites for hydroxylation is 2. The Bertz CT molecular complexity index is 1900. The van der Waals surface area contributed by atoms with Crippen LogP contribution in [0.5, 0.6) is 0 Å². The van der Waals surface area contributed by atoms with E-state index in [9.17, 15) is 36.9 Å². The molecule has 15 nitrogen and oxygen atoms in total. The van der Waals surface area contributed by atoms with Gasteiger partial charge >= 0.3 is 12.9 Å². The van der Waals surface area contributed by atoms with Gasteiger partial charge in [-0.3, -0.25) is 23.7 Å². The lowest BCUT2D eigenvalue weighted by molar-refractivity contribution is -0.870. The molecule has 4 rings (SSSR count). The Morgan fingerprint density at radius 2 is 1.61 bits per heavy atom. The van der Waals surface area contributed by atoms with Crippen molar-refractivity contribution in [3.05, 3.63) is 40.4 Å². The van der Waals surface area contributed by atoms with Crippen LogP contribution in [0.1, 0.15) is 114 Å². The second kappa shape index (κ2) is 19.5. The number of halogens is 2. The number of nitrogens with one attached hydrogen (secondary N) is 2. The summed E-state index contributed by atoms with van der Waals surface area (Å²) in [4.78, 5) is 66.3. The number of carbonyl (C=O) groups excluding carboxylic acids is 5. The van der Waals surface area contributed by atoms with Crippen molar-refractivity contribution in [3.8, 4) is 0 Å². The molecule has 4 amide bonds. The van der Waals surface area contributed by atoms with Crippen molar-refractivity contribution in [1.82, 2.24) is 20.2 Å². The van der Waals surface area contributed by atoms with Crippen LogP contribution in [0.4, 0.5) is 8.63 Å². The maximum Gasteiger partial charge on any atom is 0.737 e. The van der Waals surface area contributed by atoms with Crippen LogP contribution < -0.4 is 10.6 Å². The molecule has 0 bridgehead atoms. The van der Waals surface area contributed by atoms with Crippen LogP contribution in [0.15, 0.2) is 23.4 Å². The minimum absolute atomic E-state index is 0.0448. The van der Waals surface area contributed by atoms with Crippen molar-refractivity contribution in [3.63, 3.8) is 0 Å². The fourth-order valence-electron chi connectivity index (χ4n) is 7.30. The number of quaternary nitrogens is 1. The Morgan fingerprint density at radius 1 is 0.947 bits per heavy atom. The molecule has 1 aromatic rings. The summed E-state index contributed by atoms with van der Waals surface area (Å²) in [5.74, 6) is -4.87. The van der Waals surface area contributed by atoms with E-state index in [0.717, 1.165) is 54.3 Å². The molecule has 0 saturated carbocycles. The summed E-state index contributed by atoms with van der Waals surface area (Å²) in [6.07, 6.45) is 9.09. The molecular weight excluding hydrogens is 765 g/mol. The third-order valence-electron chi connectivity index (χ3n) is 10.2. The lowest BCUT2D eigenvalue weighted by atomic mass is 9.88. The molecule has 0 radical (unpaired) electrons. The van der Waals surface area contributed by atoms with Gasteiger partial charge in [0.25, 0.3) is 21.9 Å². The molecule has 3 aliphatic heterocycles. The highest BCUT2D eigenvalue weighted by atomic mass is 32.2. The van der Waals surface area contributed by atoms with E-state index in [1.54, 1.807) is 6.08 Å². The number of allylic oxidation sites excluding steroid dienone is 2. The first-order valence-electron chi connectivity index (χ1n) is 20.0. The van der Waals surface area contributed by atoms with Crippen molar-refractivity contribution < 1.29 is 59.4 Å². The zero-order chi connectivity index (χ0) is 42.1. The molecule has 1 fully saturated rings. The Labute approximate surface area is 333 Å². The average molecular weight is 824 g/mol. The van der Waals surface area contributed by atoms with Gasteiger partial charge in [0, 0.05) is 68.5 Å². The van der Waals surface area contributed by atoms with Gasteiger partial charge in [0.1, 0.15) is 17.5 Å². The lowest BCUT2D eigenvalue weighted by Gasteiger charge is -2.32. The van der Waals surface area contributed by atoms with E-state index in [-0.39, 0.29) is 57.2 Å². The predicted molar refractivity (Wildman–Crippen MR) is 210 cm³/mol. The maximum atomic E-state index is 17.1. The van der Waals surface area contributed by atoms with E-state index < -0.39 is 58.5 Å². The van der Waals surface area contributed by atoms with Gasteiger partial charge in [0.05, 0.1) is 27.7 Å². The van der Waals surface area contributed by atoms with Gasteiger partial charge in [0.2, 0.25) is 11.8 Å². The highest BCUT2D eigenvalue weighted by Gasteiger charge is 2.54. The summed E-state index contributed by atoms with van der Waals surface area (Å²) < 4.78 is 70.3. The van der Waals surface area contributed by atoms with Crippen LogP contribution in [0, 0.1) is 0 Å². The van der Waals surface area contributed by atoms with Crippen molar-refractivity contribution in [2.45, 2.75) is 116 Å². The summed E-state index contributed by atoms with van der Waals surface area (Å²) >= 11 is 0. The van der Waals surface area contributed by atoms with Crippen LogP contribution in [0.25, 0.3) is 6.08 Å². The molecule has 0 aromatic carbocycles. The van der Waals surface area contributed by atoms with Gasteiger partial charge in [-0.05, 0) is 62.3 Å². The second-order valence-electron chi connectivity index (χ2n) is 16.1. The average Bonchev–Trinajstić information content (AvgIpc) is 3.76. The van der Waals surface area contributed by atoms with E-state index in [4.69, 9.17) is 4.84 Å². The van der Waals surface area contributed by atoms with Gasteiger partial charge in [-0.25, -0.2) is 4.79 Å². The molecule has 1 unspecified atom stereocenters. The van der Waals surface area contributed by atoms with E-state index in [0.29, 0.717) is 45.9 Å². The number of hydrogen-bond acceptors (Lipinski definition) is 8. The first-order chi connectivity index (χ1) is 26.8. The molecule has 0 aliphatic carbocycles. The normalized spacial score (nSPS) is 16.9. The highest BCUT2D eigenvalue weighted by molar-refractivity contribution is 7.85. The minimum Gasteiger partial charge on any atom is -0.394 e. The molecule has 3 N–H and O–H groups in total. The Hall–Kier alpha value is -4.23. The molecule has 0 spiro atoms. The third-order valence-corrected chi connectivity index (χ3v) is 10.9. The number of unbranched alkanes of at least 4 members (excludes halogenated alkanes) is 3. The molecule has 1 aromatic heterocycles. The van der Waals surface area contributed by atoms with Crippen molar-refractivity contribution in [1.29, 1.82) is 0 Å². The maximum absolute atomic E-state index is 17.1. The molecule has 3 aliphatic rings. The third kappa shape index (κ3) is 12.4. The molecule has 19 heteroatoms. The second-order valence-corrected chi connectivity index (χ2v) is 17.5. The summed E-state index contributed by atoms with van der Waals surface area (Å²) in [5, 5.41) is 5.23. The van der Waals surface area contributed by atoms with Crippen LogP contribution in [0.2, 0.25) is 0 Å². The van der Waals surface area contributed by atoms with E-state index in [2.05, 4.69) is 38.7 Å². The van der Waals surface area contributed by atoms with Gasteiger partial charge in [-0.1, -0.05) is 26.7 Å². The Kier molecular flexibility index (Phi) is 15.5. The molecule has 57 heavy (non-hydrogen) atoms. The fourth-order valence-corrected chi connectivity index (χ4v) is 7.96. The number of hydrogen-bond donors (Lipinski definition) is 3. The van der Waals surface area contributed by atoms with Crippen molar-refractivity contribution in [2.24, 2.45) is 0 Å². The Balaban J connectivity index is 1.46. The van der Waals surface area contributed by atoms with Gasteiger partial charge in [-0.15, -0.1) is 5.06 Å². The first kappa shape index (κ1) is 45.5. The van der Waals surface area contributed by atoms with Gasteiger partial charge < -0.3 is 37.6 Å². The largest absolute Gasteiger partial charge is 0.737 e. The van der Waals surface area contributed by atoms with Gasteiger partial charge in [0.15, 0.2) is 5.70 Å². The fraction of sp³-hybridized carbons (Fsp3) is 0.632. The lowest BCUT2D eigenvalue weighted by Crippen LogP contribution is -2.52. The summed E-state index contributed by atoms with van der Waals surface area (Å²) in [6, 6.07) is 0.234. The SMILES string of the molecule is CCCCC1=CC(CCC(=O)NC(CS(=O)(=O)O)C(=O)NCCCCC(=O)ON2C(=O)CCC2=O)=[N+]2C1=Cc1c(CCCC)cc(CCC[N+](C)(C)C)n1[B-]2(F)F. The number of rotatable bonds is 23. The topological polar surface area (TPSA) is 184 Å². The smallest absolute Gasteiger partial charge is 0.394 e. The van der Waals surface area contributed by atoms with E-state index in [1.807, 2.05) is 19.1 Å². The summed E-state index contributed by atoms with van der Waals surface area (Å²) in [7, 11) is 1.45. The summed E-state index contributed by atoms with van der Waals surface area (Å²) in [5.41, 5.74) is 3.40. The van der Waals surface area contributed by atoms with Gasteiger partial charge in [-0.2, -0.15) is 8.42 Å².